The highest BCUT2D eigenvalue weighted by molar-refractivity contribution is 5.81. The highest BCUT2D eigenvalue weighted by Crippen LogP contribution is 2.39. The molecule has 0 radical (unpaired) electrons. The van der Waals surface area contributed by atoms with E-state index in [0.29, 0.717) is 11.6 Å². The second-order valence-electron chi connectivity index (χ2n) is 8.37. The fraction of sp³-hybridized carbons (Fsp3) is 0.154. The molecule has 5 aromatic rings. The first kappa shape index (κ1) is 18.8. The van der Waals surface area contributed by atoms with Crippen molar-refractivity contribution >= 4 is 5.78 Å². The van der Waals surface area contributed by atoms with E-state index in [9.17, 15) is 0 Å². The normalized spacial score (nSPS) is 14.9. The minimum Gasteiger partial charge on any atom is -0.321 e. The standard InChI is InChI=1S/C26H22N6/c27-26(13-4-14-26)21-9-7-19(8-10-21)23-22(18-5-2-1-3-6-18)17-32-25(29-23)30-24(31-32)20-11-15-28-16-12-20/h1-3,5-12,15-17H,4,13-14,27H2. The Morgan fingerprint density at radius 3 is 2.22 bits per heavy atom. The molecule has 1 aliphatic rings. The van der Waals surface area contributed by atoms with Crippen molar-refractivity contribution < 1.29 is 0 Å². The van der Waals surface area contributed by atoms with Crippen LogP contribution in [0.2, 0.25) is 0 Å². The van der Waals surface area contributed by atoms with Gasteiger partial charge in [-0.05, 0) is 42.5 Å². The van der Waals surface area contributed by atoms with Crippen molar-refractivity contribution in [2.24, 2.45) is 5.73 Å². The van der Waals surface area contributed by atoms with E-state index in [1.165, 1.54) is 12.0 Å². The lowest BCUT2D eigenvalue weighted by Crippen LogP contribution is -2.43. The zero-order valence-electron chi connectivity index (χ0n) is 17.5. The summed E-state index contributed by atoms with van der Waals surface area (Å²) in [5, 5.41) is 4.67. The van der Waals surface area contributed by atoms with Crippen LogP contribution >= 0.6 is 0 Å². The van der Waals surface area contributed by atoms with E-state index in [4.69, 9.17) is 10.7 Å². The second-order valence-corrected chi connectivity index (χ2v) is 8.37. The summed E-state index contributed by atoms with van der Waals surface area (Å²) < 4.78 is 1.75. The van der Waals surface area contributed by atoms with Gasteiger partial charge in [-0.3, -0.25) is 4.98 Å². The van der Waals surface area contributed by atoms with Crippen molar-refractivity contribution in [1.29, 1.82) is 0 Å². The van der Waals surface area contributed by atoms with Crippen LogP contribution in [0.1, 0.15) is 24.8 Å². The zero-order valence-corrected chi connectivity index (χ0v) is 17.5. The molecule has 2 N–H and O–H groups in total. The highest BCUT2D eigenvalue weighted by Gasteiger charge is 2.34. The minimum atomic E-state index is -0.176. The van der Waals surface area contributed by atoms with E-state index in [2.05, 4.69) is 51.5 Å². The smallest absolute Gasteiger partial charge is 0.253 e. The predicted octanol–water partition coefficient (Wildman–Crippen LogP) is 4.86. The van der Waals surface area contributed by atoms with Crippen LogP contribution in [0.4, 0.5) is 0 Å². The van der Waals surface area contributed by atoms with Crippen molar-refractivity contribution in [3.63, 3.8) is 0 Å². The maximum atomic E-state index is 6.52. The van der Waals surface area contributed by atoms with Crippen molar-refractivity contribution in [2.45, 2.75) is 24.8 Å². The average molecular weight is 419 g/mol. The Bertz CT molecular complexity index is 1390. The molecule has 1 aliphatic carbocycles. The van der Waals surface area contributed by atoms with Gasteiger partial charge in [0.05, 0.1) is 5.69 Å². The van der Waals surface area contributed by atoms with Crippen LogP contribution in [-0.4, -0.2) is 24.6 Å². The molecule has 0 saturated heterocycles. The molecule has 2 aromatic carbocycles. The zero-order chi connectivity index (χ0) is 21.5. The molecule has 6 heteroatoms. The molecule has 6 rings (SSSR count). The van der Waals surface area contributed by atoms with Crippen LogP contribution < -0.4 is 5.73 Å². The second kappa shape index (κ2) is 7.35. The summed E-state index contributed by atoms with van der Waals surface area (Å²) in [5.74, 6) is 1.19. The van der Waals surface area contributed by atoms with E-state index in [-0.39, 0.29) is 5.54 Å². The SMILES string of the molecule is NC1(c2ccc(-c3nc4nc(-c5ccncc5)nn4cc3-c3ccccc3)cc2)CCC1. The van der Waals surface area contributed by atoms with Crippen molar-refractivity contribution in [1.82, 2.24) is 24.6 Å². The molecule has 3 heterocycles. The lowest BCUT2D eigenvalue weighted by molar-refractivity contribution is 0.253. The number of benzene rings is 2. The van der Waals surface area contributed by atoms with Gasteiger partial charge in [0.25, 0.3) is 5.78 Å². The largest absolute Gasteiger partial charge is 0.321 e. The molecule has 0 bridgehead atoms. The predicted molar refractivity (Wildman–Crippen MR) is 125 cm³/mol. The molecule has 0 amide bonds. The van der Waals surface area contributed by atoms with Gasteiger partial charge in [0.15, 0.2) is 5.82 Å². The minimum absolute atomic E-state index is 0.176. The number of fused-ring (bicyclic) bond motifs is 1. The summed E-state index contributed by atoms with van der Waals surface area (Å²) in [5.41, 5.74) is 12.4. The lowest BCUT2D eigenvalue weighted by Gasteiger charge is -2.38. The highest BCUT2D eigenvalue weighted by atomic mass is 15.3. The monoisotopic (exact) mass is 418 g/mol. The first-order valence-electron chi connectivity index (χ1n) is 10.8. The van der Waals surface area contributed by atoms with Crippen LogP contribution in [0.3, 0.4) is 0 Å². The number of aromatic nitrogens is 5. The third-order valence-electron chi connectivity index (χ3n) is 6.33. The van der Waals surface area contributed by atoms with Crippen molar-refractivity contribution in [2.75, 3.05) is 0 Å². The Morgan fingerprint density at radius 2 is 1.53 bits per heavy atom. The molecule has 156 valence electrons. The third-order valence-corrected chi connectivity index (χ3v) is 6.33. The molecule has 0 spiro atoms. The molecule has 6 nitrogen and oxygen atoms in total. The topological polar surface area (TPSA) is 82.0 Å². The number of rotatable bonds is 4. The molecular formula is C26H22N6. The van der Waals surface area contributed by atoms with Crippen molar-refractivity contribution in [3.8, 4) is 33.8 Å². The number of hydrogen-bond acceptors (Lipinski definition) is 5. The van der Waals surface area contributed by atoms with Gasteiger partial charge in [-0.25, -0.2) is 9.50 Å². The quantitative estimate of drug-likeness (QED) is 0.451. The van der Waals surface area contributed by atoms with E-state index >= 15 is 0 Å². The Labute approximate surface area is 185 Å². The Hall–Kier alpha value is -3.90. The summed E-state index contributed by atoms with van der Waals surface area (Å²) in [7, 11) is 0. The van der Waals surface area contributed by atoms with Gasteiger partial charge in [-0.1, -0.05) is 54.6 Å². The van der Waals surface area contributed by atoms with Crippen LogP contribution in [0.5, 0.6) is 0 Å². The van der Waals surface area contributed by atoms with Gasteiger partial charge < -0.3 is 5.73 Å². The van der Waals surface area contributed by atoms with E-state index in [1.54, 1.807) is 16.9 Å². The number of hydrogen-bond donors (Lipinski definition) is 1. The molecule has 0 unspecified atom stereocenters. The maximum Gasteiger partial charge on any atom is 0.253 e. The average Bonchev–Trinajstić information content (AvgIpc) is 3.26. The van der Waals surface area contributed by atoms with Crippen molar-refractivity contribution in [3.05, 3.63) is 90.9 Å². The van der Waals surface area contributed by atoms with Crippen LogP contribution in [0.25, 0.3) is 39.5 Å². The maximum absolute atomic E-state index is 6.52. The summed E-state index contributed by atoms with van der Waals surface area (Å²) in [6, 6.07) is 22.6. The molecule has 1 saturated carbocycles. The summed E-state index contributed by atoms with van der Waals surface area (Å²) in [6.07, 6.45) is 8.77. The van der Waals surface area contributed by atoms with Crippen LogP contribution in [0.15, 0.2) is 85.3 Å². The Kier molecular flexibility index (Phi) is 4.33. The summed E-state index contributed by atoms with van der Waals surface area (Å²) in [4.78, 5) is 13.7. The first-order chi connectivity index (χ1) is 15.7. The van der Waals surface area contributed by atoms with Gasteiger partial charge in [0.1, 0.15) is 0 Å². The number of pyridine rings is 1. The molecular weight excluding hydrogens is 396 g/mol. The number of nitrogens with zero attached hydrogens (tertiary/aromatic N) is 5. The van der Waals surface area contributed by atoms with E-state index in [0.717, 1.165) is 40.8 Å². The third kappa shape index (κ3) is 3.16. The molecule has 32 heavy (non-hydrogen) atoms. The summed E-state index contributed by atoms with van der Waals surface area (Å²) >= 11 is 0. The lowest BCUT2D eigenvalue weighted by atomic mass is 9.72. The summed E-state index contributed by atoms with van der Waals surface area (Å²) in [6.45, 7) is 0. The first-order valence-corrected chi connectivity index (χ1v) is 10.8. The van der Waals surface area contributed by atoms with Gasteiger partial charge >= 0.3 is 0 Å². The van der Waals surface area contributed by atoms with E-state index < -0.39 is 0 Å². The fourth-order valence-electron chi connectivity index (χ4n) is 4.30. The van der Waals surface area contributed by atoms with Crippen LogP contribution in [0, 0.1) is 0 Å². The van der Waals surface area contributed by atoms with E-state index in [1.807, 2.05) is 36.5 Å². The Balaban J connectivity index is 1.50. The molecule has 0 atom stereocenters. The molecule has 3 aromatic heterocycles. The fourth-order valence-corrected chi connectivity index (χ4v) is 4.30. The number of nitrogens with two attached hydrogens (primary N) is 1. The van der Waals surface area contributed by atoms with Gasteiger partial charge in [-0.15, -0.1) is 5.10 Å². The molecule has 1 fully saturated rings. The van der Waals surface area contributed by atoms with Gasteiger partial charge in [0, 0.05) is 40.8 Å². The Morgan fingerprint density at radius 1 is 0.781 bits per heavy atom. The van der Waals surface area contributed by atoms with Crippen LogP contribution in [-0.2, 0) is 5.54 Å². The van der Waals surface area contributed by atoms with Gasteiger partial charge in [-0.2, -0.15) is 4.98 Å². The van der Waals surface area contributed by atoms with Gasteiger partial charge in [0.2, 0.25) is 0 Å². The molecule has 0 aliphatic heterocycles.